The van der Waals surface area contributed by atoms with Crippen LogP contribution in [0.3, 0.4) is 0 Å². The average Bonchev–Trinajstić information content (AvgIpc) is 2.61. The van der Waals surface area contributed by atoms with Crippen LogP contribution in [-0.4, -0.2) is 37.6 Å². The van der Waals surface area contributed by atoms with Crippen molar-refractivity contribution in [3.63, 3.8) is 0 Å². The Balaban J connectivity index is 1.70. The highest BCUT2D eigenvalue weighted by Crippen LogP contribution is 2.28. The van der Waals surface area contributed by atoms with E-state index in [4.69, 9.17) is 11.6 Å². The predicted octanol–water partition coefficient (Wildman–Crippen LogP) is 4.32. The lowest BCUT2D eigenvalue weighted by atomic mass is 10.0. The summed E-state index contributed by atoms with van der Waals surface area (Å²) in [7, 11) is 0. The lowest BCUT2D eigenvalue weighted by molar-refractivity contribution is 0.265. The van der Waals surface area contributed by atoms with Crippen LogP contribution >= 0.6 is 11.6 Å². The summed E-state index contributed by atoms with van der Waals surface area (Å²) in [5, 5.41) is 4.18. The van der Waals surface area contributed by atoms with Crippen molar-refractivity contribution in [2.75, 3.05) is 32.7 Å². The van der Waals surface area contributed by atoms with Gasteiger partial charge in [-0.2, -0.15) is 0 Å². The molecule has 1 fully saturated rings. The van der Waals surface area contributed by atoms with Gasteiger partial charge in [-0.05, 0) is 29.7 Å². The Labute approximate surface area is 143 Å². The van der Waals surface area contributed by atoms with E-state index in [-0.39, 0.29) is 0 Å². The smallest absolute Gasteiger partial charge is 0.0484 e. The van der Waals surface area contributed by atoms with Crippen LogP contribution in [0.5, 0.6) is 0 Å². The lowest BCUT2D eigenvalue weighted by Crippen LogP contribution is -2.43. The molecular formula is C20H23ClN2. The molecule has 120 valence electrons. The van der Waals surface area contributed by atoms with Gasteiger partial charge in [0.25, 0.3) is 0 Å². The molecule has 1 aliphatic heterocycles. The average molecular weight is 327 g/mol. The van der Waals surface area contributed by atoms with Crippen molar-refractivity contribution >= 4 is 17.2 Å². The molecule has 1 aliphatic rings. The molecule has 3 rings (SSSR count). The first-order valence-electron chi connectivity index (χ1n) is 8.19. The summed E-state index contributed by atoms with van der Waals surface area (Å²) in [6, 6.07) is 16.6. The van der Waals surface area contributed by atoms with Gasteiger partial charge < -0.3 is 5.32 Å². The molecule has 0 bridgehead atoms. The number of piperazine rings is 1. The van der Waals surface area contributed by atoms with Crippen LogP contribution in [-0.2, 0) is 0 Å². The first-order chi connectivity index (χ1) is 11.2. The Morgan fingerprint density at radius 2 is 1.78 bits per heavy atom. The van der Waals surface area contributed by atoms with E-state index >= 15 is 0 Å². The number of hydrogen-bond donors (Lipinski definition) is 1. The Kier molecular flexibility index (Phi) is 5.50. The number of nitrogens with one attached hydrogen (secondary N) is 1. The van der Waals surface area contributed by atoms with Crippen molar-refractivity contribution < 1.29 is 0 Å². The van der Waals surface area contributed by atoms with Gasteiger partial charge >= 0.3 is 0 Å². The Bertz CT molecular complexity index is 670. The zero-order valence-electron chi connectivity index (χ0n) is 13.6. The molecule has 0 aliphatic carbocycles. The summed E-state index contributed by atoms with van der Waals surface area (Å²) in [5.74, 6) is 0. The van der Waals surface area contributed by atoms with Crippen molar-refractivity contribution in [2.45, 2.75) is 6.92 Å². The summed E-state index contributed by atoms with van der Waals surface area (Å²) in [6.45, 7) is 7.68. The van der Waals surface area contributed by atoms with E-state index in [0.29, 0.717) is 0 Å². The van der Waals surface area contributed by atoms with Gasteiger partial charge in [-0.1, -0.05) is 60.1 Å². The molecule has 1 saturated heterocycles. The summed E-state index contributed by atoms with van der Waals surface area (Å²) < 4.78 is 0. The summed E-state index contributed by atoms with van der Waals surface area (Å²) >= 11 is 6.27. The van der Waals surface area contributed by atoms with Gasteiger partial charge in [0.1, 0.15) is 0 Å². The largest absolute Gasteiger partial charge is 0.314 e. The van der Waals surface area contributed by atoms with Gasteiger partial charge in [-0.3, -0.25) is 4.90 Å². The molecule has 2 nitrogen and oxygen atoms in total. The van der Waals surface area contributed by atoms with Gasteiger partial charge in [0.15, 0.2) is 0 Å². The van der Waals surface area contributed by atoms with E-state index < -0.39 is 0 Å². The summed E-state index contributed by atoms with van der Waals surface area (Å²) in [5.41, 5.74) is 4.85. The molecule has 1 N–H and O–H groups in total. The number of nitrogens with zero attached hydrogens (tertiary/aromatic N) is 1. The molecule has 3 heteroatoms. The van der Waals surface area contributed by atoms with Crippen LogP contribution < -0.4 is 5.32 Å². The lowest BCUT2D eigenvalue weighted by Gasteiger charge is -2.26. The SMILES string of the molecule is C/C(=C/CN1CCNCC1)c1ccc(-c2ccccc2Cl)cc1. The number of halogens is 1. The molecule has 0 amide bonds. The molecule has 2 aromatic carbocycles. The van der Waals surface area contributed by atoms with Crippen LogP contribution in [0.4, 0.5) is 0 Å². The minimum Gasteiger partial charge on any atom is -0.314 e. The van der Waals surface area contributed by atoms with Crippen molar-refractivity contribution in [2.24, 2.45) is 0 Å². The third-order valence-corrected chi connectivity index (χ3v) is 4.72. The van der Waals surface area contributed by atoms with Gasteiger partial charge in [-0.25, -0.2) is 0 Å². The quantitative estimate of drug-likeness (QED) is 0.900. The number of benzene rings is 2. The maximum atomic E-state index is 6.27. The van der Waals surface area contributed by atoms with E-state index in [0.717, 1.165) is 48.9 Å². The number of hydrogen-bond acceptors (Lipinski definition) is 2. The number of rotatable bonds is 4. The van der Waals surface area contributed by atoms with E-state index in [1.54, 1.807) is 0 Å². The minimum atomic E-state index is 0.797. The van der Waals surface area contributed by atoms with E-state index in [2.05, 4.69) is 53.5 Å². The zero-order chi connectivity index (χ0) is 16.1. The second kappa shape index (κ2) is 7.78. The molecule has 0 radical (unpaired) electrons. The van der Waals surface area contributed by atoms with Crippen molar-refractivity contribution in [1.29, 1.82) is 0 Å². The van der Waals surface area contributed by atoms with Crippen LogP contribution in [0.1, 0.15) is 12.5 Å². The Hall–Kier alpha value is -1.61. The Morgan fingerprint density at radius 3 is 2.48 bits per heavy atom. The zero-order valence-corrected chi connectivity index (χ0v) is 14.3. The fourth-order valence-corrected chi connectivity index (χ4v) is 3.13. The molecule has 0 spiro atoms. The molecular weight excluding hydrogens is 304 g/mol. The predicted molar refractivity (Wildman–Crippen MR) is 99.8 cm³/mol. The molecule has 1 heterocycles. The highest BCUT2D eigenvalue weighted by atomic mass is 35.5. The molecule has 2 aromatic rings. The monoisotopic (exact) mass is 326 g/mol. The Morgan fingerprint density at radius 1 is 1.09 bits per heavy atom. The standard InChI is InChI=1S/C20H23ClN2/c1-16(10-13-23-14-11-22-12-15-23)17-6-8-18(9-7-17)19-4-2-3-5-20(19)21/h2-10,22H,11-15H2,1H3/b16-10-. The summed E-state index contributed by atoms with van der Waals surface area (Å²) in [6.07, 6.45) is 2.33. The van der Waals surface area contributed by atoms with Crippen LogP contribution in [0.25, 0.3) is 16.7 Å². The second-order valence-electron chi connectivity index (χ2n) is 5.99. The highest BCUT2D eigenvalue weighted by molar-refractivity contribution is 6.33. The number of allylic oxidation sites excluding steroid dienone is 1. The van der Waals surface area contributed by atoms with E-state index in [9.17, 15) is 0 Å². The minimum absolute atomic E-state index is 0.797. The molecule has 0 unspecified atom stereocenters. The topological polar surface area (TPSA) is 15.3 Å². The van der Waals surface area contributed by atoms with Gasteiger partial charge in [0, 0.05) is 43.3 Å². The molecule has 0 saturated carbocycles. The normalized spacial score (nSPS) is 16.5. The van der Waals surface area contributed by atoms with Gasteiger partial charge in [0.05, 0.1) is 0 Å². The first kappa shape index (κ1) is 16.3. The fraction of sp³-hybridized carbons (Fsp3) is 0.300. The summed E-state index contributed by atoms with van der Waals surface area (Å²) in [4.78, 5) is 2.48. The van der Waals surface area contributed by atoms with Crippen molar-refractivity contribution in [3.8, 4) is 11.1 Å². The van der Waals surface area contributed by atoms with Crippen LogP contribution in [0, 0.1) is 0 Å². The highest BCUT2D eigenvalue weighted by Gasteiger charge is 2.08. The fourth-order valence-electron chi connectivity index (χ4n) is 2.89. The molecule has 0 atom stereocenters. The first-order valence-corrected chi connectivity index (χ1v) is 8.57. The van der Waals surface area contributed by atoms with Crippen LogP contribution in [0.2, 0.25) is 5.02 Å². The second-order valence-corrected chi connectivity index (χ2v) is 6.40. The third kappa shape index (κ3) is 4.23. The van der Waals surface area contributed by atoms with Gasteiger partial charge in [0.2, 0.25) is 0 Å². The van der Waals surface area contributed by atoms with Gasteiger partial charge in [-0.15, -0.1) is 0 Å². The van der Waals surface area contributed by atoms with E-state index in [1.165, 1.54) is 11.1 Å². The van der Waals surface area contributed by atoms with E-state index in [1.807, 2.05) is 18.2 Å². The van der Waals surface area contributed by atoms with Crippen LogP contribution in [0.15, 0.2) is 54.6 Å². The third-order valence-electron chi connectivity index (χ3n) is 4.39. The van der Waals surface area contributed by atoms with Crippen molar-refractivity contribution in [3.05, 3.63) is 65.2 Å². The van der Waals surface area contributed by atoms with Crippen molar-refractivity contribution in [1.82, 2.24) is 10.2 Å². The molecule has 0 aromatic heterocycles. The molecule has 23 heavy (non-hydrogen) atoms. The maximum absolute atomic E-state index is 6.27. The maximum Gasteiger partial charge on any atom is 0.0484 e.